The van der Waals surface area contributed by atoms with Gasteiger partial charge in [-0.1, -0.05) is 0 Å². The van der Waals surface area contributed by atoms with E-state index in [2.05, 4.69) is 10.3 Å². The smallest absolute Gasteiger partial charge is 0.416 e. The minimum atomic E-state index is -4.41. The molecule has 0 aliphatic rings. The van der Waals surface area contributed by atoms with Gasteiger partial charge in [0.1, 0.15) is 18.5 Å². The SMILES string of the molecule is CN(C[C@H](O)COc1ccc(C(F)(F)F)cc1)C(=O)Nc1nccs1. The van der Waals surface area contributed by atoms with E-state index in [1.807, 2.05) is 0 Å². The second-order valence-electron chi connectivity index (χ2n) is 5.13. The number of aliphatic hydroxyl groups excluding tert-OH is 1. The summed E-state index contributed by atoms with van der Waals surface area (Å²) in [5.74, 6) is 0.196. The van der Waals surface area contributed by atoms with E-state index >= 15 is 0 Å². The highest BCUT2D eigenvalue weighted by atomic mass is 32.1. The van der Waals surface area contributed by atoms with Crippen molar-refractivity contribution >= 4 is 22.5 Å². The molecular formula is C15H16F3N3O3S. The Labute approximate surface area is 145 Å². The number of carbonyl (C=O) groups excluding carboxylic acids is 1. The van der Waals surface area contributed by atoms with Crippen LogP contribution in [0.25, 0.3) is 0 Å². The van der Waals surface area contributed by atoms with Crippen LogP contribution >= 0.6 is 11.3 Å². The lowest BCUT2D eigenvalue weighted by Crippen LogP contribution is -2.39. The number of urea groups is 1. The molecule has 6 nitrogen and oxygen atoms in total. The molecule has 1 aromatic carbocycles. The molecule has 136 valence electrons. The first-order valence-corrected chi connectivity index (χ1v) is 8.03. The zero-order valence-corrected chi connectivity index (χ0v) is 14.0. The van der Waals surface area contributed by atoms with E-state index in [9.17, 15) is 23.1 Å². The van der Waals surface area contributed by atoms with Crippen LogP contribution in [0.1, 0.15) is 5.56 Å². The van der Waals surface area contributed by atoms with Crippen molar-refractivity contribution in [1.82, 2.24) is 9.88 Å². The van der Waals surface area contributed by atoms with Gasteiger partial charge in [-0.3, -0.25) is 5.32 Å². The second-order valence-corrected chi connectivity index (χ2v) is 6.03. The van der Waals surface area contributed by atoms with Crippen molar-refractivity contribution in [3.8, 4) is 5.75 Å². The number of likely N-dealkylation sites (N-methyl/N-ethyl adjacent to an activating group) is 1. The molecule has 0 aliphatic carbocycles. The second kappa shape index (κ2) is 8.17. The Bertz CT molecular complexity index is 678. The zero-order chi connectivity index (χ0) is 18.4. The number of alkyl halides is 3. The number of hydrogen-bond donors (Lipinski definition) is 2. The van der Waals surface area contributed by atoms with Crippen molar-refractivity contribution < 1.29 is 27.8 Å². The van der Waals surface area contributed by atoms with Crippen LogP contribution in [-0.2, 0) is 6.18 Å². The van der Waals surface area contributed by atoms with Crippen LogP contribution in [-0.4, -0.2) is 47.3 Å². The number of nitrogens with zero attached hydrogens (tertiary/aromatic N) is 2. The third kappa shape index (κ3) is 5.91. The zero-order valence-electron chi connectivity index (χ0n) is 13.2. The molecule has 2 aromatic rings. The molecule has 2 amide bonds. The fraction of sp³-hybridized carbons (Fsp3) is 0.333. The summed E-state index contributed by atoms with van der Waals surface area (Å²) in [6, 6.07) is 3.71. The van der Waals surface area contributed by atoms with Gasteiger partial charge in [-0.15, -0.1) is 11.3 Å². The Balaban J connectivity index is 1.78. The number of aromatic nitrogens is 1. The van der Waals surface area contributed by atoms with Crippen molar-refractivity contribution in [2.45, 2.75) is 12.3 Å². The predicted octanol–water partition coefficient (Wildman–Crippen LogP) is 3.07. The Morgan fingerprint density at radius 3 is 2.64 bits per heavy atom. The highest BCUT2D eigenvalue weighted by molar-refractivity contribution is 7.13. The summed E-state index contributed by atoms with van der Waals surface area (Å²) in [5.41, 5.74) is -0.779. The number of thiazole rings is 1. The first-order valence-electron chi connectivity index (χ1n) is 7.15. The van der Waals surface area contributed by atoms with Crippen LogP contribution in [0.15, 0.2) is 35.8 Å². The van der Waals surface area contributed by atoms with Crippen LogP contribution in [0.4, 0.5) is 23.1 Å². The molecule has 0 fully saturated rings. The molecule has 0 saturated carbocycles. The molecule has 0 saturated heterocycles. The van der Waals surface area contributed by atoms with Gasteiger partial charge in [0.15, 0.2) is 5.13 Å². The number of benzene rings is 1. The third-order valence-corrected chi connectivity index (χ3v) is 3.79. The average molecular weight is 375 g/mol. The first kappa shape index (κ1) is 19.0. The lowest BCUT2D eigenvalue weighted by atomic mass is 10.2. The van der Waals surface area contributed by atoms with E-state index in [0.717, 1.165) is 12.1 Å². The van der Waals surface area contributed by atoms with E-state index in [4.69, 9.17) is 4.74 Å². The number of aliphatic hydroxyl groups is 1. The summed E-state index contributed by atoms with van der Waals surface area (Å²) in [6.07, 6.45) is -3.87. The summed E-state index contributed by atoms with van der Waals surface area (Å²) in [6.45, 7) is -0.182. The van der Waals surface area contributed by atoms with Crippen LogP contribution in [0.5, 0.6) is 5.75 Å². The van der Waals surface area contributed by atoms with E-state index in [1.54, 1.807) is 11.6 Å². The van der Waals surface area contributed by atoms with E-state index in [0.29, 0.717) is 5.13 Å². The van der Waals surface area contributed by atoms with E-state index in [1.165, 1.54) is 35.4 Å². The molecule has 1 aromatic heterocycles. The summed E-state index contributed by atoms with van der Waals surface area (Å²) >= 11 is 1.26. The van der Waals surface area contributed by atoms with Crippen LogP contribution < -0.4 is 10.1 Å². The van der Waals surface area contributed by atoms with Crippen molar-refractivity contribution in [3.63, 3.8) is 0 Å². The largest absolute Gasteiger partial charge is 0.491 e. The van der Waals surface area contributed by atoms with Crippen molar-refractivity contribution in [2.75, 3.05) is 25.5 Å². The van der Waals surface area contributed by atoms with Crippen LogP contribution in [0.2, 0.25) is 0 Å². The normalized spacial score (nSPS) is 12.5. The molecule has 25 heavy (non-hydrogen) atoms. The molecule has 0 spiro atoms. The fourth-order valence-corrected chi connectivity index (χ4v) is 2.37. The summed E-state index contributed by atoms with van der Waals surface area (Å²) in [7, 11) is 1.49. The molecule has 0 aliphatic heterocycles. The molecule has 2 rings (SSSR count). The highest BCUT2D eigenvalue weighted by Gasteiger charge is 2.30. The van der Waals surface area contributed by atoms with Gasteiger partial charge in [0.25, 0.3) is 0 Å². The molecule has 1 heterocycles. The van der Waals surface area contributed by atoms with Crippen LogP contribution in [0, 0.1) is 0 Å². The maximum Gasteiger partial charge on any atom is 0.416 e. The van der Waals surface area contributed by atoms with Crippen molar-refractivity contribution in [3.05, 3.63) is 41.4 Å². The van der Waals surface area contributed by atoms with Gasteiger partial charge in [0, 0.05) is 18.6 Å². The summed E-state index contributed by atoms with van der Waals surface area (Å²) in [5, 5.41) is 14.6. The number of anilines is 1. The van der Waals surface area contributed by atoms with Crippen molar-refractivity contribution in [2.24, 2.45) is 0 Å². The quantitative estimate of drug-likeness (QED) is 0.814. The molecule has 0 radical (unpaired) electrons. The number of halogens is 3. The predicted molar refractivity (Wildman–Crippen MR) is 86.7 cm³/mol. The number of hydrogen-bond acceptors (Lipinski definition) is 5. The maximum atomic E-state index is 12.5. The van der Waals surface area contributed by atoms with Gasteiger partial charge in [-0.05, 0) is 24.3 Å². The van der Waals surface area contributed by atoms with Gasteiger partial charge in [-0.2, -0.15) is 13.2 Å². The summed E-state index contributed by atoms with van der Waals surface area (Å²) in [4.78, 5) is 17.0. The van der Waals surface area contributed by atoms with Crippen LogP contribution in [0.3, 0.4) is 0 Å². The third-order valence-electron chi connectivity index (χ3n) is 3.10. The standard InChI is InChI=1S/C15H16F3N3O3S/c1-21(14(23)20-13-19-6-7-25-13)8-11(22)9-24-12-4-2-10(3-5-12)15(16,17)18/h2-7,11,22H,8-9H2,1H3,(H,19,20,23)/t11-/m0/s1. The van der Waals surface area contributed by atoms with Crippen molar-refractivity contribution in [1.29, 1.82) is 0 Å². The maximum absolute atomic E-state index is 12.5. The first-order chi connectivity index (χ1) is 11.8. The number of ether oxygens (including phenoxy) is 1. The molecule has 0 unspecified atom stereocenters. The topological polar surface area (TPSA) is 74.7 Å². The number of amides is 2. The Kier molecular flexibility index (Phi) is 6.21. The fourth-order valence-electron chi connectivity index (χ4n) is 1.86. The average Bonchev–Trinajstić information content (AvgIpc) is 3.05. The van der Waals surface area contributed by atoms with Gasteiger partial charge in [0.05, 0.1) is 12.1 Å². The van der Waals surface area contributed by atoms with E-state index in [-0.39, 0.29) is 18.9 Å². The lowest BCUT2D eigenvalue weighted by molar-refractivity contribution is -0.137. The molecular weight excluding hydrogens is 359 g/mol. The van der Waals surface area contributed by atoms with Gasteiger partial charge < -0.3 is 14.7 Å². The minimum absolute atomic E-state index is 0.0160. The monoisotopic (exact) mass is 375 g/mol. The number of carbonyl (C=O) groups is 1. The van der Waals surface area contributed by atoms with E-state index < -0.39 is 23.9 Å². The number of nitrogens with one attached hydrogen (secondary N) is 1. The summed E-state index contributed by atoms with van der Waals surface area (Å²) < 4.78 is 42.6. The lowest BCUT2D eigenvalue weighted by Gasteiger charge is -2.21. The molecule has 10 heteroatoms. The Hall–Kier alpha value is -2.33. The Morgan fingerprint density at radius 2 is 2.08 bits per heavy atom. The minimum Gasteiger partial charge on any atom is -0.491 e. The van der Waals surface area contributed by atoms with Gasteiger partial charge in [-0.25, -0.2) is 9.78 Å². The molecule has 0 bridgehead atoms. The Morgan fingerprint density at radius 1 is 1.40 bits per heavy atom. The highest BCUT2D eigenvalue weighted by Crippen LogP contribution is 2.30. The molecule has 2 N–H and O–H groups in total. The van der Waals surface area contributed by atoms with Gasteiger partial charge >= 0.3 is 12.2 Å². The van der Waals surface area contributed by atoms with Gasteiger partial charge in [0.2, 0.25) is 0 Å². The number of rotatable bonds is 6. The molecule has 1 atom stereocenters.